The van der Waals surface area contributed by atoms with Gasteiger partial charge < -0.3 is 14.7 Å². The minimum atomic E-state index is -4.18. The molecule has 1 fully saturated rings. The number of carbonyl (C=O) groups excluding carboxylic acids is 1. The molecule has 1 aliphatic carbocycles. The molecule has 2 aromatic rings. The van der Waals surface area contributed by atoms with Gasteiger partial charge >= 0.3 is 6.18 Å². The highest BCUT2D eigenvalue weighted by molar-refractivity contribution is 7.15. The van der Waals surface area contributed by atoms with Crippen LogP contribution in [0.25, 0.3) is 0 Å². The first kappa shape index (κ1) is 29.6. The van der Waals surface area contributed by atoms with E-state index in [1.54, 1.807) is 6.07 Å². The lowest BCUT2D eigenvalue weighted by Gasteiger charge is -2.23. The third-order valence-corrected chi connectivity index (χ3v) is 7.24. The number of alkyl halides is 3. The highest BCUT2D eigenvalue weighted by Gasteiger charge is 2.31. The van der Waals surface area contributed by atoms with Gasteiger partial charge in [-0.1, -0.05) is 31.3 Å². The van der Waals surface area contributed by atoms with Crippen molar-refractivity contribution in [2.24, 2.45) is 0 Å². The fourth-order valence-electron chi connectivity index (χ4n) is 4.19. The van der Waals surface area contributed by atoms with Crippen molar-refractivity contribution in [2.45, 2.75) is 77.6 Å². The number of fused-ring (bicyclic) bond motifs is 1. The average Bonchev–Trinajstić information content (AvgIpc) is 3.45. The molecule has 3 heterocycles. The van der Waals surface area contributed by atoms with Gasteiger partial charge in [-0.15, -0.1) is 24.2 Å². The summed E-state index contributed by atoms with van der Waals surface area (Å²) >= 11 is 1.38. The Bertz CT molecular complexity index is 967. The van der Waals surface area contributed by atoms with Crippen LogP contribution in [-0.2, 0) is 24.2 Å². The lowest BCUT2D eigenvalue weighted by atomic mass is 9.95. The second-order valence-electron chi connectivity index (χ2n) is 8.97. The lowest BCUT2D eigenvalue weighted by Crippen LogP contribution is -2.37. The van der Waals surface area contributed by atoms with Crippen LogP contribution in [0.3, 0.4) is 0 Å². The van der Waals surface area contributed by atoms with Crippen LogP contribution in [0.15, 0.2) is 10.6 Å². The van der Waals surface area contributed by atoms with E-state index >= 15 is 0 Å². The van der Waals surface area contributed by atoms with Gasteiger partial charge in [-0.05, 0) is 32.7 Å². The van der Waals surface area contributed by atoms with Crippen LogP contribution in [0.2, 0.25) is 0 Å². The number of terminal acetylenes is 1. The molecule has 0 aromatic carbocycles. The monoisotopic (exact) mass is 527 g/mol. The van der Waals surface area contributed by atoms with E-state index in [4.69, 9.17) is 4.52 Å². The van der Waals surface area contributed by atoms with E-state index in [2.05, 4.69) is 40.1 Å². The summed E-state index contributed by atoms with van der Waals surface area (Å²) in [4.78, 5) is 20.6. The van der Waals surface area contributed by atoms with Gasteiger partial charge in [-0.25, -0.2) is 4.98 Å². The number of halogens is 3. The second kappa shape index (κ2) is 14.2. The Hall–Kier alpha value is -2.58. The van der Waals surface area contributed by atoms with Crippen LogP contribution in [0.5, 0.6) is 0 Å². The maximum Gasteiger partial charge on any atom is 0.405 e. The minimum absolute atomic E-state index is 0.0445. The normalized spacial score (nSPS) is 16.1. The summed E-state index contributed by atoms with van der Waals surface area (Å²) in [7, 11) is 1.44. The van der Waals surface area contributed by atoms with Gasteiger partial charge in [0.2, 0.25) is 5.91 Å². The molecule has 0 radical (unpaired) electrons. The molecule has 1 amide bonds. The van der Waals surface area contributed by atoms with Crippen LogP contribution >= 0.6 is 11.3 Å². The molecule has 0 unspecified atom stereocenters. The first-order valence-corrected chi connectivity index (χ1v) is 13.0. The molecule has 4 rings (SSSR count). The third kappa shape index (κ3) is 9.82. The Labute approximate surface area is 215 Å². The van der Waals surface area contributed by atoms with Crippen molar-refractivity contribution in [3.05, 3.63) is 28.1 Å². The molecule has 11 heteroatoms. The number of anilines is 1. The molecule has 2 aromatic heterocycles. The van der Waals surface area contributed by atoms with Gasteiger partial charge in [0, 0.05) is 37.1 Å². The zero-order valence-corrected chi connectivity index (χ0v) is 22.1. The molecular weight excluding hydrogens is 491 g/mol. The summed E-state index contributed by atoms with van der Waals surface area (Å²) in [5.74, 6) is 0.689. The van der Waals surface area contributed by atoms with Crippen molar-refractivity contribution in [3.8, 4) is 12.8 Å². The first-order chi connectivity index (χ1) is 17.1. The molecule has 0 spiro atoms. The van der Waals surface area contributed by atoms with E-state index in [0.29, 0.717) is 23.4 Å². The van der Waals surface area contributed by atoms with E-state index in [-0.39, 0.29) is 5.91 Å². The highest BCUT2D eigenvalue weighted by atomic mass is 32.1. The summed E-state index contributed by atoms with van der Waals surface area (Å²) < 4.78 is 42.0. The summed E-state index contributed by atoms with van der Waals surface area (Å²) in [5.41, 5.74) is 1.76. The van der Waals surface area contributed by atoms with E-state index in [1.165, 1.54) is 42.5 Å². The fraction of sp³-hybridized carbons (Fsp3) is 0.640. The predicted molar refractivity (Wildman–Crippen MR) is 136 cm³/mol. The number of aryl methyl sites for hydroxylation is 1. The Balaban J connectivity index is 0.000000239. The molecular formula is C25H36F3N5O2S. The Morgan fingerprint density at radius 3 is 2.58 bits per heavy atom. The first-order valence-electron chi connectivity index (χ1n) is 12.2. The quantitative estimate of drug-likeness (QED) is 0.547. The molecule has 200 valence electrons. The smallest absolute Gasteiger partial charge is 0.361 e. The van der Waals surface area contributed by atoms with Crippen LogP contribution in [0.4, 0.5) is 18.3 Å². The van der Waals surface area contributed by atoms with Crippen molar-refractivity contribution in [2.75, 3.05) is 31.6 Å². The van der Waals surface area contributed by atoms with Gasteiger partial charge in [0.1, 0.15) is 12.3 Å². The van der Waals surface area contributed by atoms with Crippen LogP contribution in [-0.4, -0.2) is 59.8 Å². The lowest BCUT2D eigenvalue weighted by molar-refractivity contribution is -0.121. The van der Waals surface area contributed by atoms with E-state index in [0.717, 1.165) is 55.2 Å². The molecule has 7 nitrogen and oxygen atoms in total. The van der Waals surface area contributed by atoms with E-state index in [1.807, 2.05) is 6.92 Å². The second-order valence-corrected chi connectivity index (χ2v) is 10.0. The van der Waals surface area contributed by atoms with Crippen molar-refractivity contribution in [1.29, 1.82) is 0 Å². The predicted octanol–water partition coefficient (Wildman–Crippen LogP) is 4.74. The molecule has 36 heavy (non-hydrogen) atoms. The van der Waals surface area contributed by atoms with Gasteiger partial charge in [-0.2, -0.15) is 13.2 Å². The Kier molecular flexibility index (Phi) is 11.7. The number of nitrogens with one attached hydrogen (secondary N) is 1. The number of amides is 1. The number of hydrogen-bond acceptors (Lipinski definition) is 7. The Morgan fingerprint density at radius 2 is 2.00 bits per heavy atom. The van der Waals surface area contributed by atoms with Gasteiger partial charge in [0.05, 0.1) is 17.8 Å². The maximum absolute atomic E-state index is 12.3. The molecule has 1 N–H and O–H groups in total. The molecule has 0 bridgehead atoms. The number of carbonyl (C=O) groups is 1. The number of hydrogen-bond donors (Lipinski definition) is 1. The van der Waals surface area contributed by atoms with E-state index < -0.39 is 12.7 Å². The van der Waals surface area contributed by atoms with Crippen molar-refractivity contribution in [3.63, 3.8) is 0 Å². The number of aromatic nitrogens is 2. The van der Waals surface area contributed by atoms with Crippen LogP contribution in [0, 0.1) is 19.8 Å². The summed E-state index contributed by atoms with van der Waals surface area (Å²) in [6.45, 7) is 5.65. The number of rotatable bonds is 6. The Morgan fingerprint density at radius 1 is 1.31 bits per heavy atom. The molecule has 2 aliphatic rings. The topological polar surface area (TPSA) is 74.5 Å². The van der Waals surface area contributed by atoms with Crippen LogP contribution in [0.1, 0.15) is 61.1 Å². The largest absolute Gasteiger partial charge is 0.405 e. The standard InChI is InChI=1S/C12H18N2O2.C11H16F3N3S.C2H2/c1-9-7-11(16-14-9)8-12(15)13-10-5-3-2-4-6-10;1-3-17-5-4-9-8(6-17)15-10(18-9)16(2)7-11(12,13)14;1-2/h7,10H,2-6,8H2,1H3,(H,13,15);3-7H2,1-2H3;1-2H. The van der Waals surface area contributed by atoms with Gasteiger partial charge in [0.25, 0.3) is 0 Å². The minimum Gasteiger partial charge on any atom is -0.361 e. The van der Waals surface area contributed by atoms with Crippen molar-refractivity contribution >= 4 is 22.4 Å². The van der Waals surface area contributed by atoms with Crippen molar-refractivity contribution in [1.82, 2.24) is 20.4 Å². The number of nitrogens with zero attached hydrogens (tertiary/aromatic N) is 4. The summed E-state index contributed by atoms with van der Waals surface area (Å²) in [6, 6.07) is 2.17. The summed E-state index contributed by atoms with van der Waals surface area (Å²) in [6.07, 6.45) is 11.0. The number of likely N-dealkylation sites (N-methyl/N-ethyl adjacent to an activating group) is 1. The zero-order chi connectivity index (χ0) is 26.7. The fourth-order valence-corrected chi connectivity index (χ4v) is 5.21. The highest BCUT2D eigenvalue weighted by Crippen LogP contribution is 2.31. The maximum atomic E-state index is 12.3. The molecule has 0 atom stereocenters. The van der Waals surface area contributed by atoms with Gasteiger partial charge in [0.15, 0.2) is 5.13 Å². The van der Waals surface area contributed by atoms with Gasteiger partial charge in [-0.3, -0.25) is 9.69 Å². The zero-order valence-electron chi connectivity index (χ0n) is 21.2. The summed E-state index contributed by atoms with van der Waals surface area (Å²) in [5, 5.41) is 7.28. The molecule has 0 saturated heterocycles. The third-order valence-electron chi connectivity index (χ3n) is 5.97. The van der Waals surface area contributed by atoms with Crippen LogP contribution < -0.4 is 10.2 Å². The molecule has 1 aliphatic heterocycles. The van der Waals surface area contributed by atoms with Crippen molar-refractivity contribution < 1.29 is 22.5 Å². The number of thiazole rings is 1. The average molecular weight is 528 g/mol. The SMILES string of the molecule is C#C.CCN1CCc2sc(N(C)CC(F)(F)F)nc2C1.Cc1cc(CC(=O)NC2CCCCC2)on1. The molecule has 1 saturated carbocycles. The van der Waals surface area contributed by atoms with E-state index in [9.17, 15) is 18.0 Å².